The SMILES string of the molecule is CNC1CC(c2cnn(C)c2)Oc2ccc(Cl)cc21. The Hall–Kier alpha value is -1.52. The monoisotopic (exact) mass is 277 g/mol. The molecule has 100 valence electrons. The van der Waals surface area contributed by atoms with Gasteiger partial charge in [-0.15, -0.1) is 0 Å². The number of rotatable bonds is 2. The molecule has 2 unspecified atom stereocenters. The summed E-state index contributed by atoms with van der Waals surface area (Å²) in [5, 5.41) is 8.27. The van der Waals surface area contributed by atoms with Gasteiger partial charge in [0.1, 0.15) is 11.9 Å². The summed E-state index contributed by atoms with van der Waals surface area (Å²) in [4.78, 5) is 0. The first kappa shape index (κ1) is 12.5. The largest absolute Gasteiger partial charge is 0.485 e. The predicted molar refractivity (Wildman–Crippen MR) is 74.4 cm³/mol. The maximum absolute atomic E-state index is 6.07. The third-order valence-corrected chi connectivity index (χ3v) is 3.75. The van der Waals surface area contributed by atoms with Gasteiger partial charge < -0.3 is 10.1 Å². The van der Waals surface area contributed by atoms with Crippen LogP contribution in [0.2, 0.25) is 5.02 Å². The van der Waals surface area contributed by atoms with Gasteiger partial charge in [-0.25, -0.2) is 0 Å². The number of hydrogen-bond donors (Lipinski definition) is 1. The Balaban J connectivity index is 1.95. The maximum atomic E-state index is 6.07. The van der Waals surface area contributed by atoms with Crippen molar-refractivity contribution in [1.29, 1.82) is 0 Å². The highest BCUT2D eigenvalue weighted by Gasteiger charge is 2.29. The molecule has 4 nitrogen and oxygen atoms in total. The van der Waals surface area contributed by atoms with Crippen LogP contribution in [-0.2, 0) is 7.05 Å². The van der Waals surface area contributed by atoms with Crippen molar-refractivity contribution in [1.82, 2.24) is 15.1 Å². The molecule has 3 rings (SSSR count). The average Bonchev–Trinajstić information content (AvgIpc) is 2.84. The third-order valence-electron chi connectivity index (χ3n) is 3.51. The molecule has 5 heteroatoms. The van der Waals surface area contributed by atoms with Crippen molar-refractivity contribution in [3.8, 4) is 5.75 Å². The van der Waals surface area contributed by atoms with Crippen molar-refractivity contribution in [3.63, 3.8) is 0 Å². The smallest absolute Gasteiger partial charge is 0.129 e. The second kappa shape index (κ2) is 4.87. The van der Waals surface area contributed by atoms with E-state index in [1.54, 1.807) is 4.68 Å². The Labute approximate surface area is 117 Å². The molecule has 1 aliphatic heterocycles. The normalized spacial score (nSPS) is 21.8. The third kappa shape index (κ3) is 2.33. The molecule has 0 amide bonds. The molecule has 0 saturated heterocycles. The molecule has 1 N–H and O–H groups in total. The van der Waals surface area contributed by atoms with Gasteiger partial charge in [-0.2, -0.15) is 5.10 Å². The van der Waals surface area contributed by atoms with Crippen molar-refractivity contribution < 1.29 is 4.74 Å². The first-order chi connectivity index (χ1) is 9.17. The molecule has 2 aromatic rings. The summed E-state index contributed by atoms with van der Waals surface area (Å²) in [6, 6.07) is 6.01. The number of halogens is 1. The number of nitrogens with zero attached hydrogens (tertiary/aromatic N) is 2. The molecule has 2 heterocycles. The highest BCUT2D eigenvalue weighted by molar-refractivity contribution is 6.30. The minimum Gasteiger partial charge on any atom is -0.485 e. The Morgan fingerprint density at radius 1 is 1.47 bits per heavy atom. The van der Waals surface area contributed by atoms with Gasteiger partial charge in [0.25, 0.3) is 0 Å². The number of ether oxygens (including phenoxy) is 1. The zero-order valence-electron chi connectivity index (χ0n) is 10.9. The van der Waals surface area contributed by atoms with Crippen molar-refractivity contribution in [2.24, 2.45) is 7.05 Å². The Morgan fingerprint density at radius 3 is 3.00 bits per heavy atom. The quantitative estimate of drug-likeness (QED) is 0.917. The van der Waals surface area contributed by atoms with Crippen molar-refractivity contribution in [2.75, 3.05) is 7.05 Å². The van der Waals surface area contributed by atoms with Crippen LogP contribution in [0, 0.1) is 0 Å². The Kier molecular flexibility index (Phi) is 3.21. The predicted octanol–water partition coefficient (Wildman–Crippen LogP) is 2.86. The lowest BCUT2D eigenvalue weighted by molar-refractivity contribution is 0.154. The number of hydrogen-bond acceptors (Lipinski definition) is 3. The van der Waals surface area contributed by atoms with Crippen LogP contribution >= 0.6 is 11.6 Å². The van der Waals surface area contributed by atoms with Crippen LogP contribution in [0.3, 0.4) is 0 Å². The molecule has 0 spiro atoms. The van der Waals surface area contributed by atoms with E-state index < -0.39 is 0 Å². The van der Waals surface area contributed by atoms with E-state index >= 15 is 0 Å². The molecule has 0 aliphatic carbocycles. The van der Waals surface area contributed by atoms with E-state index in [2.05, 4.69) is 10.4 Å². The average molecular weight is 278 g/mol. The lowest BCUT2D eigenvalue weighted by Gasteiger charge is -2.31. The summed E-state index contributed by atoms with van der Waals surface area (Å²) in [6.45, 7) is 0. The van der Waals surface area contributed by atoms with E-state index in [4.69, 9.17) is 16.3 Å². The van der Waals surface area contributed by atoms with Crippen LogP contribution in [0.15, 0.2) is 30.6 Å². The Bertz CT molecular complexity index is 596. The van der Waals surface area contributed by atoms with Gasteiger partial charge in [0.15, 0.2) is 0 Å². The number of aryl methyl sites for hydroxylation is 1. The molecular weight excluding hydrogens is 262 g/mol. The van der Waals surface area contributed by atoms with E-state index in [0.29, 0.717) is 0 Å². The number of aromatic nitrogens is 2. The van der Waals surface area contributed by atoms with Gasteiger partial charge in [0.2, 0.25) is 0 Å². The standard InChI is InChI=1S/C14H16ClN3O/c1-16-12-6-14(9-7-17-18(2)8-9)19-13-4-3-10(15)5-11(12)13/h3-5,7-8,12,14,16H,6H2,1-2H3. The number of benzene rings is 1. The van der Waals surface area contributed by atoms with Gasteiger partial charge in [0.05, 0.1) is 6.20 Å². The van der Waals surface area contributed by atoms with Crippen LogP contribution in [0.4, 0.5) is 0 Å². The molecule has 0 saturated carbocycles. The van der Waals surface area contributed by atoms with E-state index in [1.807, 2.05) is 44.7 Å². The van der Waals surface area contributed by atoms with Gasteiger partial charge >= 0.3 is 0 Å². The lowest BCUT2D eigenvalue weighted by atomic mass is 9.94. The molecule has 0 bridgehead atoms. The summed E-state index contributed by atoms with van der Waals surface area (Å²) in [5.74, 6) is 0.892. The molecule has 0 fully saturated rings. The Morgan fingerprint density at radius 2 is 2.32 bits per heavy atom. The minimum absolute atomic E-state index is 0.0276. The first-order valence-electron chi connectivity index (χ1n) is 6.29. The first-order valence-corrected chi connectivity index (χ1v) is 6.67. The van der Waals surface area contributed by atoms with Crippen LogP contribution < -0.4 is 10.1 Å². The molecule has 1 aromatic heterocycles. The highest BCUT2D eigenvalue weighted by Crippen LogP contribution is 2.41. The summed E-state index contributed by atoms with van der Waals surface area (Å²) < 4.78 is 7.86. The fourth-order valence-corrected chi connectivity index (χ4v) is 2.71. The van der Waals surface area contributed by atoms with Gasteiger partial charge in [-0.3, -0.25) is 4.68 Å². The van der Waals surface area contributed by atoms with Crippen molar-refractivity contribution in [3.05, 3.63) is 46.7 Å². The van der Waals surface area contributed by atoms with Gasteiger partial charge in [-0.1, -0.05) is 11.6 Å². The zero-order valence-corrected chi connectivity index (χ0v) is 11.7. The molecule has 19 heavy (non-hydrogen) atoms. The van der Waals surface area contributed by atoms with Crippen LogP contribution in [0.25, 0.3) is 0 Å². The van der Waals surface area contributed by atoms with Gasteiger partial charge in [0, 0.05) is 41.9 Å². The van der Waals surface area contributed by atoms with Crippen LogP contribution in [0.1, 0.15) is 29.7 Å². The minimum atomic E-state index is 0.0276. The molecule has 2 atom stereocenters. The summed E-state index contributed by atoms with van der Waals surface area (Å²) in [6.07, 6.45) is 4.76. The number of nitrogens with one attached hydrogen (secondary N) is 1. The highest BCUT2D eigenvalue weighted by atomic mass is 35.5. The lowest BCUT2D eigenvalue weighted by Crippen LogP contribution is -2.26. The molecule has 0 radical (unpaired) electrons. The van der Waals surface area contributed by atoms with E-state index in [1.165, 1.54) is 0 Å². The van der Waals surface area contributed by atoms with Crippen LogP contribution in [-0.4, -0.2) is 16.8 Å². The molecule has 1 aliphatic rings. The number of fused-ring (bicyclic) bond motifs is 1. The summed E-state index contributed by atoms with van der Waals surface area (Å²) in [7, 11) is 3.87. The van der Waals surface area contributed by atoms with Crippen LogP contribution in [0.5, 0.6) is 5.75 Å². The van der Waals surface area contributed by atoms with E-state index in [-0.39, 0.29) is 12.1 Å². The topological polar surface area (TPSA) is 39.1 Å². The second-order valence-electron chi connectivity index (χ2n) is 4.81. The summed E-state index contributed by atoms with van der Waals surface area (Å²) in [5.41, 5.74) is 2.22. The summed E-state index contributed by atoms with van der Waals surface area (Å²) >= 11 is 6.06. The van der Waals surface area contributed by atoms with E-state index in [9.17, 15) is 0 Å². The molecular formula is C14H16ClN3O. The van der Waals surface area contributed by atoms with Crippen molar-refractivity contribution >= 4 is 11.6 Å². The second-order valence-corrected chi connectivity index (χ2v) is 5.25. The fraction of sp³-hybridized carbons (Fsp3) is 0.357. The fourth-order valence-electron chi connectivity index (χ4n) is 2.53. The van der Waals surface area contributed by atoms with Gasteiger partial charge in [-0.05, 0) is 25.2 Å². The molecule has 1 aromatic carbocycles. The zero-order chi connectivity index (χ0) is 13.4. The van der Waals surface area contributed by atoms with E-state index in [0.717, 1.165) is 28.3 Å². The van der Waals surface area contributed by atoms with Crippen molar-refractivity contribution in [2.45, 2.75) is 18.6 Å². The maximum Gasteiger partial charge on any atom is 0.129 e.